The Morgan fingerprint density at radius 3 is 2.78 bits per heavy atom. The lowest BCUT2D eigenvalue weighted by Gasteiger charge is -2.37. The molecule has 1 aromatic heterocycles. The smallest absolute Gasteiger partial charge is 0.128 e. The molecule has 0 bridgehead atoms. The summed E-state index contributed by atoms with van der Waals surface area (Å²) in [6.07, 6.45) is 6.93. The van der Waals surface area contributed by atoms with Crippen molar-refractivity contribution in [2.75, 3.05) is 11.9 Å². The van der Waals surface area contributed by atoms with E-state index in [1.807, 2.05) is 6.07 Å². The van der Waals surface area contributed by atoms with Crippen molar-refractivity contribution in [2.45, 2.75) is 44.5 Å². The number of anilines is 1. The van der Waals surface area contributed by atoms with Crippen molar-refractivity contribution in [3.05, 3.63) is 22.8 Å². The third-order valence-electron chi connectivity index (χ3n) is 3.99. The first-order valence-electron chi connectivity index (χ1n) is 6.56. The van der Waals surface area contributed by atoms with Gasteiger partial charge in [0.25, 0.3) is 0 Å². The van der Waals surface area contributed by atoms with Crippen molar-refractivity contribution in [3.8, 4) is 0 Å². The average molecular weight is 287 g/mol. The number of hydrogen-bond acceptors (Lipinski definition) is 2. The van der Waals surface area contributed by atoms with Crippen molar-refractivity contribution >= 4 is 29.0 Å². The van der Waals surface area contributed by atoms with Gasteiger partial charge in [-0.25, -0.2) is 4.98 Å². The fourth-order valence-corrected chi connectivity index (χ4v) is 3.26. The Kier molecular flexibility index (Phi) is 4.74. The predicted molar refractivity (Wildman–Crippen MR) is 78.6 cm³/mol. The molecule has 0 N–H and O–H groups in total. The normalized spacial score (nSPS) is 24.0. The number of nitrogens with zero attached hydrogens (tertiary/aromatic N) is 2. The van der Waals surface area contributed by atoms with Gasteiger partial charge in [0.05, 0.1) is 5.02 Å². The molecule has 1 fully saturated rings. The molecule has 1 aliphatic carbocycles. The fourth-order valence-electron chi connectivity index (χ4n) is 2.81. The Labute approximate surface area is 119 Å². The Bertz CT molecular complexity index is 409. The molecule has 1 aromatic rings. The van der Waals surface area contributed by atoms with E-state index in [1.165, 1.54) is 25.7 Å². The molecule has 0 aliphatic heterocycles. The zero-order chi connectivity index (χ0) is 13.1. The first kappa shape index (κ1) is 14.0. The van der Waals surface area contributed by atoms with Gasteiger partial charge in [-0.05, 0) is 30.4 Å². The fraction of sp³-hybridized carbons (Fsp3) is 0.643. The maximum atomic E-state index is 6.05. The van der Waals surface area contributed by atoms with Gasteiger partial charge >= 0.3 is 0 Å². The molecule has 2 atom stereocenters. The summed E-state index contributed by atoms with van der Waals surface area (Å²) in [5.41, 5.74) is 0.957. The minimum Gasteiger partial charge on any atom is -0.356 e. The van der Waals surface area contributed by atoms with Crippen LogP contribution in [0.4, 0.5) is 5.82 Å². The van der Waals surface area contributed by atoms with Crippen LogP contribution in [-0.2, 0) is 5.88 Å². The lowest BCUT2D eigenvalue weighted by Crippen LogP contribution is -2.39. The lowest BCUT2D eigenvalue weighted by molar-refractivity contribution is 0.320. The largest absolute Gasteiger partial charge is 0.356 e. The molecule has 0 amide bonds. The number of pyridine rings is 1. The van der Waals surface area contributed by atoms with Crippen LogP contribution in [0.3, 0.4) is 0 Å². The van der Waals surface area contributed by atoms with Crippen molar-refractivity contribution in [1.82, 2.24) is 4.98 Å². The summed E-state index contributed by atoms with van der Waals surface area (Å²) in [4.78, 5) is 6.72. The maximum Gasteiger partial charge on any atom is 0.128 e. The zero-order valence-corrected chi connectivity index (χ0v) is 12.5. The number of hydrogen-bond donors (Lipinski definition) is 0. The minimum atomic E-state index is 0.433. The molecule has 0 spiro atoms. The third kappa shape index (κ3) is 2.92. The summed E-state index contributed by atoms with van der Waals surface area (Å²) in [6, 6.07) is 2.59. The van der Waals surface area contributed by atoms with Crippen LogP contribution >= 0.6 is 23.2 Å². The predicted octanol–water partition coefficient (Wildman–Crippen LogP) is 4.49. The molecule has 1 saturated carbocycles. The van der Waals surface area contributed by atoms with E-state index in [0.29, 0.717) is 16.9 Å². The molecular weight excluding hydrogens is 267 g/mol. The molecule has 0 radical (unpaired) electrons. The summed E-state index contributed by atoms with van der Waals surface area (Å²) < 4.78 is 0. The van der Waals surface area contributed by atoms with Crippen LogP contribution in [0.5, 0.6) is 0 Å². The monoisotopic (exact) mass is 286 g/mol. The van der Waals surface area contributed by atoms with Crippen LogP contribution < -0.4 is 4.90 Å². The van der Waals surface area contributed by atoms with E-state index in [0.717, 1.165) is 17.3 Å². The van der Waals surface area contributed by atoms with Gasteiger partial charge in [-0.2, -0.15) is 0 Å². The Balaban J connectivity index is 2.19. The second kappa shape index (κ2) is 6.12. The zero-order valence-electron chi connectivity index (χ0n) is 11.0. The van der Waals surface area contributed by atoms with Crippen molar-refractivity contribution in [2.24, 2.45) is 5.92 Å². The van der Waals surface area contributed by atoms with Gasteiger partial charge in [0.1, 0.15) is 5.82 Å². The summed E-state index contributed by atoms with van der Waals surface area (Å²) in [5.74, 6) is 2.14. The number of aromatic nitrogens is 1. The van der Waals surface area contributed by atoms with Gasteiger partial charge in [0.15, 0.2) is 0 Å². The first-order valence-corrected chi connectivity index (χ1v) is 7.48. The molecule has 18 heavy (non-hydrogen) atoms. The SMILES string of the molecule is CC1CCCCC1N(C)c1cc(CCl)c(Cl)cn1. The number of alkyl halides is 1. The van der Waals surface area contributed by atoms with Crippen molar-refractivity contribution < 1.29 is 0 Å². The number of rotatable bonds is 3. The van der Waals surface area contributed by atoms with Crippen LogP contribution in [0.25, 0.3) is 0 Å². The molecule has 4 heteroatoms. The molecule has 0 aromatic carbocycles. The molecule has 1 aliphatic rings. The Hall–Kier alpha value is -0.470. The Morgan fingerprint density at radius 2 is 2.11 bits per heavy atom. The van der Waals surface area contributed by atoms with Crippen LogP contribution in [0, 0.1) is 5.92 Å². The molecule has 1 heterocycles. The second-order valence-electron chi connectivity index (χ2n) is 5.21. The van der Waals surface area contributed by atoms with Gasteiger partial charge in [-0.1, -0.05) is 31.4 Å². The van der Waals surface area contributed by atoms with Crippen LogP contribution in [0.1, 0.15) is 38.2 Å². The van der Waals surface area contributed by atoms with E-state index in [4.69, 9.17) is 23.2 Å². The molecule has 100 valence electrons. The average Bonchev–Trinajstić information content (AvgIpc) is 2.39. The van der Waals surface area contributed by atoms with Crippen molar-refractivity contribution in [1.29, 1.82) is 0 Å². The highest BCUT2D eigenvalue weighted by molar-refractivity contribution is 6.32. The number of halogens is 2. The highest BCUT2D eigenvalue weighted by Crippen LogP contribution is 2.31. The summed E-state index contributed by atoms with van der Waals surface area (Å²) in [6.45, 7) is 2.33. The van der Waals surface area contributed by atoms with Crippen molar-refractivity contribution in [3.63, 3.8) is 0 Å². The third-order valence-corrected chi connectivity index (χ3v) is 4.62. The van der Waals surface area contributed by atoms with Crippen LogP contribution in [-0.4, -0.2) is 18.1 Å². The van der Waals surface area contributed by atoms with Gasteiger partial charge in [-0.3, -0.25) is 0 Å². The quantitative estimate of drug-likeness (QED) is 0.761. The van der Waals surface area contributed by atoms with Gasteiger partial charge in [0, 0.05) is 25.2 Å². The Morgan fingerprint density at radius 1 is 1.39 bits per heavy atom. The van der Waals surface area contributed by atoms with Gasteiger partial charge in [0.2, 0.25) is 0 Å². The van der Waals surface area contributed by atoms with E-state index in [-0.39, 0.29) is 0 Å². The highest BCUT2D eigenvalue weighted by Gasteiger charge is 2.25. The summed E-state index contributed by atoms with van der Waals surface area (Å²) >= 11 is 11.9. The van der Waals surface area contributed by atoms with E-state index >= 15 is 0 Å². The topological polar surface area (TPSA) is 16.1 Å². The maximum absolute atomic E-state index is 6.05. The minimum absolute atomic E-state index is 0.433. The summed E-state index contributed by atoms with van der Waals surface area (Å²) in [5, 5.41) is 0.652. The van der Waals surface area contributed by atoms with E-state index in [1.54, 1.807) is 6.20 Å². The summed E-state index contributed by atoms with van der Waals surface area (Å²) in [7, 11) is 2.13. The van der Waals surface area contributed by atoms with Gasteiger partial charge < -0.3 is 4.90 Å². The molecular formula is C14H20Cl2N2. The molecule has 2 rings (SSSR count). The van der Waals surface area contributed by atoms with Gasteiger partial charge in [-0.15, -0.1) is 11.6 Å². The van der Waals surface area contributed by atoms with E-state index in [2.05, 4.69) is 23.9 Å². The van der Waals surface area contributed by atoms with Crippen LogP contribution in [0.2, 0.25) is 5.02 Å². The highest BCUT2D eigenvalue weighted by atomic mass is 35.5. The standard InChI is InChI=1S/C14H20Cl2N2/c1-10-5-3-4-6-13(10)18(2)14-7-11(8-15)12(16)9-17-14/h7,9-10,13H,3-6,8H2,1-2H3. The van der Waals surface area contributed by atoms with Crippen LogP contribution in [0.15, 0.2) is 12.3 Å². The van der Waals surface area contributed by atoms with E-state index < -0.39 is 0 Å². The molecule has 2 unspecified atom stereocenters. The second-order valence-corrected chi connectivity index (χ2v) is 5.88. The lowest BCUT2D eigenvalue weighted by atomic mass is 9.85. The van der Waals surface area contributed by atoms with E-state index in [9.17, 15) is 0 Å². The molecule has 2 nitrogen and oxygen atoms in total. The molecule has 0 saturated heterocycles. The first-order chi connectivity index (χ1) is 8.63.